The molecule has 0 aliphatic carbocycles. The maximum absolute atomic E-state index is 10.5. The Bertz CT molecular complexity index is 452. The number of nitrogens with zero attached hydrogens (tertiary/aromatic N) is 3. The van der Waals surface area contributed by atoms with Gasteiger partial charge in [-0.3, -0.25) is 4.79 Å². The third-order valence-corrected chi connectivity index (χ3v) is 2.60. The summed E-state index contributed by atoms with van der Waals surface area (Å²) < 4.78 is 0. The first kappa shape index (κ1) is 14.0. The molecule has 0 saturated carbocycles. The van der Waals surface area contributed by atoms with E-state index in [2.05, 4.69) is 9.88 Å². The Morgan fingerprint density at radius 1 is 1.61 bits per heavy atom. The zero-order valence-corrected chi connectivity index (χ0v) is 10.6. The quantitative estimate of drug-likeness (QED) is 0.832. The van der Waals surface area contributed by atoms with Crippen LogP contribution in [0.5, 0.6) is 0 Å². The molecule has 1 heterocycles. The van der Waals surface area contributed by atoms with Crippen LogP contribution in [0.1, 0.15) is 32.4 Å². The van der Waals surface area contributed by atoms with Crippen LogP contribution < -0.4 is 4.90 Å². The number of hydrogen-bond acceptors (Lipinski definition) is 4. The highest BCUT2D eigenvalue weighted by molar-refractivity contribution is 5.66. The number of carboxylic acid groups (broad SMARTS) is 1. The number of carbonyl (C=O) groups is 1. The lowest BCUT2D eigenvalue weighted by Crippen LogP contribution is -2.32. The highest BCUT2D eigenvalue weighted by Gasteiger charge is 2.11. The maximum Gasteiger partial charge on any atom is 0.303 e. The lowest BCUT2D eigenvalue weighted by Gasteiger charge is -2.28. The van der Waals surface area contributed by atoms with E-state index in [-0.39, 0.29) is 12.5 Å². The SMILES string of the molecule is CC(C)N(CCCC(=O)O)c1ccnc(C#N)c1. The molecule has 1 N–H and O–H groups in total. The molecule has 1 aromatic heterocycles. The molecule has 0 saturated heterocycles. The Morgan fingerprint density at radius 3 is 2.89 bits per heavy atom. The lowest BCUT2D eigenvalue weighted by atomic mass is 10.2. The number of aliphatic carboxylic acids is 1. The average Bonchev–Trinajstić information content (AvgIpc) is 2.34. The minimum absolute atomic E-state index is 0.152. The topological polar surface area (TPSA) is 77.2 Å². The second-order valence-electron chi connectivity index (χ2n) is 4.30. The molecule has 1 aromatic rings. The normalized spacial score (nSPS) is 10.1. The van der Waals surface area contributed by atoms with Gasteiger partial charge in [0.15, 0.2) is 0 Å². The molecule has 1 rings (SSSR count). The molecule has 0 aliphatic heterocycles. The first-order chi connectivity index (χ1) is 8.54. The molecule has 0 bridgehead atoms. The highest BCUT2D eigenvalue weighted by atomic mass is 16.4. The molecular weight excluding hydrogens is 230 g/mol. The van der Waals surface area contributed by atoms with E-state index in [0.29, 0.717) is 18.7 Å². The molecule has 0 fully saturated rings. The third-order valence-electron chi connectivity index (χ3n) is 2.60. The van der Waals surface area contributed by atoms with E-state index in [1.54, 1.807) is 12.3 Å². The molecule has 0 aliphatic rings. The summed E-state index contributed by atoms with van der Waals surface area (Å²) in [6.07, 6.45) is 2.33. The third kappa shape index (κ3) is 4.06. The molecule has 0 amide bonds. The van der Waals surface area contributed by atoms with Gasteiger partial charge in [0.05, 0.1) is 0 Å². The van der Waals surface area contributed by atoms with Crippen LogP contribution in [0.15, 0.2) is 18.3 Å². The number of hydrogen-bond donors (Lipinski definition) is 1. The van der Waals surface area contributed by atoms with Gasteiger partial charge in [0, 0.05) is 30.9 Å². The van der Waals surface area contributed by atoms with E-state index < -0.39 is 5.97 Å². The number of carboxylic acids is 1. The fraction of sp³-hybridized carbons (Fsp3) is 0.462. The van der Waals surface area contributed by atoms with Crippen LogP contribution in [-0.4, -0.2) is 28.6 Å². The molecule has 0 aromatic carbocycles. The fourth-order valence-electron chi connectivity index (χ4n) is 1.75. The van der Waals surface area contributed by atoms with Crippen molar-refractivity contribution in [3.63, 3.8) is 0 Å². The van der Waals surface area contributed by atoms with Crippen LogP contribution in [0.25, 0.3) is 0 Å². The molecule has 0 spiro atoms. The average molecular weight is 247 g/mol. The minimum Gasteiger partial charge on any atom is -0.481 e. The van der Waals surface area contributed by atoms with Crippen LogP contribution in [-0.2, 0) is 4.79 Å². The molecule has 96 valence electrons. The lowest BCUT2D eigenvalue weighted by molar-refractivity contribution is -0.137. The Balaban J connectivity index is 2.77. The van der Waals surface area contributed by atoms with Gasteiger partial charge in [0.2, 0.25) is 0 Å². The second-order valence-corrected chi connectivity index (χ2v) is 4.30. The van der Waals surface area contributed by atoms with E-state index >= 15 is 0 Å². The van der Waals surface area contributed by atoms with E-state index in [0.717, 1.165) is 5.69 Å². The van der Waals surface area contributed by atoms with Gasteiger partial charge >= 0.3 is 5.97 Å². The fourth-order valence-corrected chi connectivity index (χ4v) is 1.75. The van der Waals surface area contributed by atoms with Crippen molar-refractivity contribution in [2.75, 3.05) is 11.4 Å². The van der Waals surface area contributed by atoms with Crippen molar-refractivity contribution in [2.45, 2.75) is 32.7 Å². The first-order valence-corrected chi connectivity index (χ1v) is 5.89. The van der Waals surface area contributed by atoms with Crippen LogP contribution in [0.2, 0.25) is 0 Å². The molecule has 0 radical (unpaired) electrons. The summed E-state index contributed by atoms with van der Waals surface area (Å²) in [6, 6.07) is 5.80. The number of anilines is 1. The molecule has 0 atom stereocenters. The van der Waals surface area contributed by atoms with Crippen LogP contribution in [0, 0.1) is 11.3 Å². The van der Waals surface area contributed by atoms with E-state index in [1.807, 2.05) is 26.0 Å². The van der Waals surface area contributed by atoms with Crippen LogP contribution in [0.3, 0.4) is 0 Å². The van der Waals surface area contributed by atoms with Gasteiger partial charge in [-0.25, -0.2) is 4.98 Å². The van der Waals surface area contributed by atoms with Crippen LogP contribution >= 0.6 is 0 Å². The number of aromatic nitrogens is 1. The van der Waals surface area contributed by atoms with Crippen molar-refractivity contribution in [2.24, 2.45) is 0 Å². The van der Waals surface area contributed by atoms with Crippen molar-refractivity contribution in [1.29, 1.82) is 5.26 Å². The van der Waals surface area contributed by atoms with Gasteiger partial charge in [0.25, 0.3) is 0 Å². The number of rotatable bonds is 6. The predicted molar refractivity (Wildman–Crippen MR) is 68.3 cm³/mol. The van der Waals surface area contributed by atoms with Gasteiger partial charge in [-0.1, -0.05) is 0 Å². The standard InChI is InChI=1S/C13H17N3O2/c1-10(2)16(7-3-4-13(17)18)12-5-6-15-11(8-12)9-14/h5-6,8,10H,3-4,7H2,1-2H3,(H,17,18). The number of pyridine rings is 1. The van der Waals surface area contributed by atoms with Crippen LogP contribution in [0.4, 0.5) is 5.69 Å². The Labute approximate surface area is 107 Å². The monoisotopic (exact) mass is 247 g/mol. The van der Waals surface area contributed by atoms with Crippen molar-refractivity contribution < 1.29 is 9.90 Å². The zero-order chi connectivity index (χ0) is 13.5. The largest absolute Gasteiger partial charge is 0.481 e. The van der Waals surface area contributed by atoms with Crippen molar-refractivity contribution in [3.05, 3.63) is 24.0 Å². The summed E-state index contributed by atoms with van der Waals surface area (Å²) in [5.74, 6) is -0.786. The summed E-state index contributed by atoms with van der Waals surface area (Å²) in [6.45, 7) is 4.72. The maximum atomic E-state index is 10.5. The van der Waals surface area contributed by atoms with Crippen molar-refractivity contribution >= 4 is 11.7 Å². The number of nitriles is 1. The summed E-state index contributed by atoms with van der Waals surface area (Å²) in [4.78, 5) is 16.5. The van der Waals surface area contributed by atoms with E-state index in [4.69, 9.17) is 10.4 Å². The van der Waals surface area contributed by atoms with Gasteiger partial charge in [-0.05, 0) is 32.4 Å². The molecule has 18 heavy (non-hydrogen) atoms. The minimum atomic E-state index is -0.786. The molecule has 0 unspecified atom stereocenters. The summed E-state index contributed by atoms with van der Waals surface area (Å²) in [7, 11) is 0. The molecule has 5 heteroatoms. The first-order valence-electron chi connectivity index (χ1n) is 5.89. The zero-order valence-electron chi connectivity index (χ0n) is 10.6. The Kier molecular flexibility index (Phi) is 5.12. The van der Waals surface area contributed by atoms with E-state index in [9.17, 15) is 4.79 Å². The smallest absolute Gasteiger partial charge is 0.303 e. The van der Waals surface area contributed by atoms with Gasteiger partial charge in [-0.2, -0.15) is 5.26 Å². The molecular formula is C13H17N3O2. The van der Waals surface area contributed by atoms with Crippen molar-refractivity contribution in [1.82, 2.24) is 4.98 Å². The van der Waals surface area contributed by atoms with Gasteiger partial charge < -0.3 is 10.0 Å². The second kappa shape index (κ2) is 6.60. The van der Waals surface area contributed by atoms with Gasteiger partial charge in [-0.15, -0.1) is 0 Å². The van der Waals surface area contributed by atoms with Gasteiger partial charge in [0.1, 0.15) is 11.8 Å². The molecule has 5 nitrogen and oxygen atoms in total. The predicted octanol–water partition coefficient (Wildman–Crippen LogP) is 2.03. The Morgan fingerprint density at radius 2 is 2.33 bits per heavy atom. The van der Waals surface area contributed by atoms with E-state index in [1.165, 1.54) is 0 Å². The highest BCUT2D eigenvalue weighted by Crippen LogP contribution is 2.18. The summed E-state index contributed by atoms with van der Waals surface area (Å²) in [5.41, 5.74) is 1.28. The summed E-state index contributed by atoms with van der Waals surface area (Å²) in [5, 5.41) is 17.5. The van der Waals surface area contributed by atoms with Crippen molar-refractivity contribution in [3.8, 4) is 6.07 Å². The summed E-state index contributed by atoms with van der Waals surface area (Å²) >= 11 is 0. The Hall–Kier alpha value is -2.09.